The molecule has 4 heteroatoms. The van der Waals surface area contributed by atoms with Crippen LogP contribution in [0.1, 0.15) is 30.5 Å². The Kier molecular flexibility index (Phi) is 6.85. The van der Waals surface area contributed by atoms with E-state index in [1.54, 1.807) is 6.92 Å². The van der Waals surface area contributed by atoms with Crippen molar-refractivity contribution in [2.45, 2.75) is 46.0 Å². The van der Waals surface area contributed by atoms with E-state index in [9.17, 15) is 4.79 Å². The fourth-order valence-corrected chi connectivity index (χ4v) is 3.42. The lowest BCUT2D eigenvalue weighted by Gasteiger charge is -2.41. The average molecular weight is 312 g/mol. The third kappa shape index (κ3) is 5.18. The Balaban J connectivity index is 1.80. The van der Waals surface area contributed by atoms with Crippen LogP contribution >= 0.6 is 0 Å². The monoisotopic (exact) mass is 312 g/mol. The van der Waals surface area contributed by atoms with Gasteiger partial charge in [0.05, 0.1) is 13.9 Å². The molecule has 1 saturated heterocycles. The lowest BCUT2D eigenvalue weighted by molar-refractivity contribution is -0.119. The number of likely N-dealkylation sites (N-methyl/N-ethyl adjacent to an activating group) is 1. The standard InChI is InChI=1S/C19H29BN2O/c1-4-21-19(15(3)23)13-22-11-17(12-22)10-18-6-5-16(7-8-20)9-14(18)2/h5-6,9,17,19,21H,4,7-8,10-13H2,1-3H3. The SMILES string of the molecule is [B]CCc1ccc(CC2CN(CC(NCC)C(C)=O)C2)c(C)c1. The van der Waals surface area contributed by atoms with Crippen LogP contribution in [0.25, 0.3) is 0 Å². The smallest absolute Gasteiger partial charge is 0.147 e. The third-order valence-corrected chi connectivity index (χ3v) is 4.76. The van der Waals surface area contributed by atoms with Crippen molar-refractivity contribution in [3.63, 3.8) is 0 Å². The number of hydrogen-bond donors (Lipinski definition) is 1. The molecule has 0 saturated carbocycles. The van der Waals surface area contributed by atoms with Crippen molar-refractivity contribution in [1.82, 2.24) is 10.2 Å². The highest BCUT2D eigenvalue weighted by Crippen LogP contribution is 2.23. The van der Waals surface area contributed by atoms with Crippen LogP contribution in [0.15, 0.2) is 18.2 Å². The number of nitrogens with one attached hydrogen (secondary N) is 1. The zero-order valence-electron chi connectivity index (χ0n) is 14.8. The van der Waals surface area contributed by atoms with E-state index in [2.05, 4.69) is 35.3 Å². The van der Waals surface area contributed by atoms with E-state index in [1.807, 2.05) is 6.92 Å². The molecular formula is C19H29BN2O. The van der Waals surface area contributed by atoms with Crippen molar-refractivity contribution in [2.75, 3.05) is 26.2 Å². The molecule has 2 radical (unpaired) electrons. The van der Waals surface area contributed by atoms with E-state index in [1.165, 1.54) is 16.7 Å². The number of ketones is 1. The zero-order chi connectivity index (χ0) is 16.8. The van der Waals surface area contributed by atoms with Gasteiger partial charge in [0.2, 0.25) is 0 Å². The average Bonchev–Trinajstić information content (AvgIpc) is 2.46. The minimum Gasteiger partial charge on any atom is -0.307 e. The Morgan fingerprint density at radius 1 is 1.43 bits per heavy atom. The van der Waals surface area contributed by atoms with Crippen LogP contribution in [-0.4, -0.2) is 50.8 Å². The Morgan fingerprint density at radius 3 is 2.74 bits per heavy atom. The number of benzene rings is 1. The number of hydrogen-bond acceptors (Lipinski definition) is 3. The maximum atomic E-state index is 11.6. The number of Topliss-reactive ketones (excluding diaryl/α,β-unsaturated/α-hetero) is 1. The van der Waals surface area contributed by atoms with Gasteiger partial charge in [0.1, 0.15) is 5.78 Å². The van der Waals surface area contributed by atoms with Crippen LogP contribution in [0, 0.1) is 12.8 Å². The molecule has 1 heterocycles. The number of aryl methyl sites for hydroxylation is 2. The lowest BCUT2D eigenvalue weighted by atomic mass is 9.88. The molecule has 1 aliphatic rings. The Labute approximate surface area is 142 Å². The van der Waals surface area contributed by atoms with Gasteiger partial charge < -0.3 is 10.2 Å². The number of nitrogens with zero attached hydrogens (tertiary/aromatic N) is 1. The topological polar surface area (TPSA) is 32.3 Å². The summed E-state index contributed by atoms with van der Waals surface area (Å²) in [6, 6.07) is 6.73. The predicted molar refractivity (Wildman–Crippen MR) is 97.2 cm³/mol. The first kappa shape index (κ1) is 18.2. The van der Waals surface area contributed by atoms with E-state index in [-0.39, 0.29) is 11.8 Å². The number of carbonyl (C=O) groups is 1. The summed E-state index contributed by atoms with van der Waals surface area (Å²) in [5, 5.41) is 3.27. The van der Waals surface area contributed by atoms with Crippen LogP contribution in [0.2, 0.25) is 6.32 Å². The molecule has 1 aromatic rings. The van der Waals surface area contributed by atoms with Crippen molar-refractivity contribution in [2.24, 2.45) is 5.92 Å². The van der Waals surface area contributed by atoms with Gasteiger partial charge in [-0.3, -0.25) is 4.79 Å². The highest BCUT2D eigenvalue weighted by Gasteiger charge is 2.29. The third-order valence-electron chi connectivity index (χ3n) is 4.76. The minimum absolute atomic E-state index is 0.0155. The second kappa shape index (κ2) is 8.65. The van der Waals surface area contributed by atoms with Gasteiger partial charge in [-0.05, 0) is 55.8 Å². The molecule has 3 nitrogen and oxygen atoms in total. The molecular weight excluding hydrogens is 283 g/mol. The molecule has 1 N–H and O–H groups in total. The van der Waals surface area contributed by atoms with E-state index in [0.717, 1.165) is 39.0 Å². The largest absolute Gasteiger partial charge is 0.307 e. The molecule has 0 aromatic heterocycles. The zero-order valence-corrected chi connectivity index (χ0v) is 14.8. The van der Waals surface area contributed by atoms with Gasteiger partial charge in [0, 0.05) is 19.6 Å². The molecule has 1 unspecified atom stereocenters. The molecule has 23 heavy (non-hydrogen) atoms. The fourth-order valence-electron chi connectivity index (χ4n) is 3.42. The summed E-state index contributed by atoms with van der Waals surface area (Å²) in [4.78, 5) is 14.0. The summed E-state index contributed by atoms with van der Waals surface area (Å²) in [6.07, 6.45) is 2.80. The van der Waals surface area contributed by atoms with E-state index in [0.29, 0.717) is 12.2 Å². The molecule has 1 atom stereocenters. The summed E-state index contributed by atoms with van der Waals surface area (Å²) < 4.78 is 0. The van der Waals surface area contributed by atoms with Crippen LogP contribution in [-0.2, 0) is 17.6 Å². The van der Waals surface area contributed by atoms with Crippen LogP contribution < -0.4 is 5.32 Å². The number of likely N-dealkylation sites (tertiary alicyclic amines) is 1. The summed E-state index contributed by atoms with van der Waals surface area (Å²) in [6.45, 7) is 9.80. The molecule has 1 aromatic carbocycles. The van der Waals surface area contributed by atoms with Crippen LogP contribution in [0.3, 0.4) is 0 Å². The van der Waals surface area contributed by atoms with E-state index < -0.39 is 0 Å². The number of carbonyl (C=O) groups excluding carboxylic acids is 1. The first-order chi connectivity index (χ1) is 11.0. The molecule has 124 valence electrons. The molecule has 2 rings (SSSR count). The first-order valence-corrected chi connectivity index (χ1v) is 8.78. The minimum atomic E-state index is -0.0155. The Bertz CT molecular complexity index is 526. The first-order valence-electron chi connectivity index (χ1n) is 8.78. The number of rotatable bonds is 9. The Morgan fingerprint density at radius 2 is 2.17 bits per heavy atom. The van der Waals surface area contributed by atoms with Crippen LogP contribution in [0.4, 0.5) is 0 Å². The van der Waals surface area contributed by atoms with Crippen molar-refractivity contribution in [1.29, 1.82) is 0 Å². The molecule has 0 amide bonds. The summed E-state index contributed by atoms with van der Waals surface area (Å²) in [5.74, 6) is 0.949. The molecule has 0 spiro atoms. The van der Waals surface area contributed by atoms with Gasteiger partial charge in [-0.2, -0.15) is 0 Å². The van der Waals surface area contributed by atoms with Crippen molar-refractivity contribution >= 4 is 13.6 Å². The van der Waals surface area contributed by atoms with Crippen molar-refractivity contribution in [3.8, 4) is 0 Å². The summed E-state index contributed by atoms with van der Waals surface area (Å²) in [5.41, 5.74) is 4.16. The molecule has 0 aliphatic carbocycles. The van der Waals surface area contributed by atoms with Crippen LogP contribution in [0.5, 0.6) is 0 Å². The highest BCUT2D eigenvalue weighted by molar-refractivity contribution is 6.08. The normalized spacial score (nSPS) is 17.0. The van der Waals surface area contributed by atoms with Crippen molar-refractivity contribution in [3.05, 3.63) is 34.9 Å². The molecule has 0 bridgehead atoms. The fraction of sp³-hybridized carbons (Fsp3) is 0.632. The van der Waals surface area contributed by atoms with Gasteiger partial charge in [-0.15, -0.1) is 0 Å². The van der Waals surface area contributed by atoms with E-state index in [4.69, 9.17) is 7.85 Å². The summed E-state index contributed by atoms with van der Waals surface area (Å²) in [7, 11) is 5.62. The Hall–Kier alpha value is -1.13. The molecule has 1 fully saturated rings. The molecule has 1 aliphatic heterocycles. The second-order valence-corrected chi connectivity index (χ2v) is 6.81. The van der Waals surface area contributed by atoms with Gasteiger partial charge in [-0.25, -0.2) is 0 Å². The summed E-state index contributed by atoms with van der Waals surface area (Å²) >= 11 is 0. The maximum absolute atomic E-state index is 11.6. The van der Waals surface area contributed by atoms with Gasteiger partial charge >= 0.3 is 0 Å². The van der Waals surface area contributed by atoms with Gasteiger partial charge in [-0.1, -0.05) is 31.4 Å². The van der Waals surface area contributed by atoms with Gasteiger partial charge in [0.25, 0.3) is 0 Å². The second-order valence-electron chi connectivity index (χ2n) is 6.81. The van der Waals surface area contributed by atoms with E-state index >= 15 is 0 Å². The quantitative estimate of drug-likeness (QED) is 0.709. The lowest BCUT2D eigenvalue weighted by Crippen LogP contribution is -2.54. The maximum Gasteiger partial charge on any atom is 0.147 e. The van der Waals surface area contributed by atoms with Crippen molar-refractivity contribution < 1.29 is 4.79 Å². The highest BCUT2D eigenvalue weighted by atomic mass is 16.1. The van der Waals surface area contributed by atoms with Gasteiger partial charge in [0.15, 0.2) is 0 Å². The predicted octanol–water partition coefficient (Wildman–Crippen LogP) is 2.17.